The first-order valence-corrected chi connectivity index (χ1v) is 9.38. The molecule has 0 aliphatic heterocycles. The highest BCUT2D eigenvalue weighted by Gasteiger charge is 2.08. The second kappa shape index (κ2) is 12.5. The van der Waals surface area contributed by atoms with Gasteiger partial charge in [-0.05, 0) is 42.7 Å². The largest absolute Gasteiger partial charge is 0.491 e. The normalized spacial score (nSPS) is 10.3. The molecule has 0 saturated heterocycles. The van der Waals surface area contributed by atoms with E-state index in [2.05, 4.69) is 5.32 Å². The molecule has 0 unspecified atom stereocenters. The first kappa shape index (κ1) is 21.4. The van der Waals surface area contributed by atoms with Crippen molar-refractivity contribution in [3.05, 3.63) is 60.2 Å². The first-order valence-electron chi connectivity index (χ1n) is 9.38. The van der Waals surface area contributed by atoms with Crippen LogP contribution in [0.25, 0.3) is 0 Å². The summed E-state index contributed by atoms with van der Waals surface area (Å²) in [5.74, 6) is 0.119. The molecule has 0 fully saturated rings. The van der Waals surface area contributed by atoms with Crippen LogP contribution in [0.4, 0.5) is 5.69 Å². The number of aryl methyl sites for hydroxylation is 1. The van der Waals surface area contributed by atoms with E-state index in [9.17, 15) is 9.59 Å². The molecule has 6 nitrogen and oxygen atoms in total. The quantitative estimate of drug-likeness (QED) is 0.446. The van der Waals surface area contributed by atoms with Crippen molar-refractivity contribution in [2.75, 3.05) is 32.2 Å². The predicted molar refractivity (Wildman–Crippen MR) is 107 cm³/mol. The van der Waals surface area contributed by atoms with Gasteiger partial charge in [0.15, 0.2) is 0 Å². The number of anilines is 1. The number of benzene rings is 2. The third-order valence-corrected chi connectivity index (χ3v) is 3.97. The lowest BCUT2D eigenvalue weighted by molar-refractivity contribution is -0.144. The molecule has 0 bridgehead atoms. The second-order valence-corrected chi connectivity index (χ2v) is 6.22. The van der Waals surface area contributed by atoms with Crippen LogP contribution >= 0.6 is 0 Å². The molecule has 2 aromatic rings. The monoisotopic (exact) mass is 385 g/mol. The summed E-state index contributed by atoms with van der Waals surface area (Å²) < 4.78 is 15.6. The van der Waals surface area contributed by atoms with E-state index in [1.54, 1.807) is 31.4 Å². The topological polar surface area (TPSA) is 73.9 Å². The Kier molecular flexibility index (Phi) is 9.58. The highest BCUT2D eigenvalue weighted by molar-refractivity contribution is 5.92. The fraction of sp³-hybridized carbons (Fsp3) is 0.364. The van der Waals surface area contributed by atoms with Crippen LogP contribution in [0.15, 0.2) is 54.6 Å². The van der Waals surface area contributed by atoms with Gasteiger partial charge < -0.3 is 19.5 Å². The maximum Gasteiger partial charge on any atom is 0.306 e. The van der Waals surface area contributed by atoms with Gasteiger partial charge in [-0.1, -0.05) is 30.3 Å². The van der Waals surface area contributed by atoms with E-state index < -0.39 is 0 Å². The van der Waals surface area contributed by atoms with E-state index in [4.69, 9.17) is 14.2 Å². The Morgan fingerprint density at radius 2 is 1.64 bits per heavy atom. The Balaban J connectivity index is 1.59. The number of carbonyl (C=O) groups is 2. The summed E-state index contributed by atoms with van der Waals surface area (Å²) in [5, 5.41) is 2.75. The van der Waals surface area contributed by atoms with Crippen molar-refractivity contribution in [3.8, 4) is 5.75 Å². The van der Waals surface area contributed by atoms with Gasteiger partial charge in [0.25, 0.3) is 0 Å². The summed E-state index contributed by atoms with van der Waals surface area (Å²) in [6, 6.07) is 17.1. The van der Waals surface area contributed by atoms with Crippen molar-refractivity contribution in [1.82, 2.24) is 0 Å². The van der Waals surface area contributed by atoms with Gasteiger partial charge in [0.2, 0.25) is 5.91 Å². The van der Waals surface area contributed by atoms with E-state index in [0.717, 1.165) is 12.8 Å². The van der Waals surface area contributed by atoms with E-state index in [0.29, 0.717) is 31.3 Å². The van der Waals surface area contributed by atoms with Crippen molar-refractivity contribution < 1.29 is 23.8 Å². The fourth-order valence-electron chi connectivity index (χ4n) is 2.50. The van der Waals surface area contributed by atoms with Crippen molar-refractivity contribution in [2.45, 2.75) is 25.7 Å². The van der Waals surface area contributed by atoms with E-state index in [1.807, 2.05) is 30.3 Å². The van der Waals surface area contributed by atoms with Crippen LogP contribution in [0.2, 0.25) is 0 Å². The molecule has 150 valence electrons. The van der Waals surface area contributed by atoms with Gasteiger partial charge in [-0.15, -0.1) is 0 Å². The number of ether oxygens (including phenoxy) is 3. The molecule has 0 saturated carbocycles. The zero-order valence-corrected chi connectivity index (χ0v) is 16.2. The zero-order chi connectivity index (χ0) is 20.0. The number of hydrogen-bond acceptors (Lipinski definition) is 5. The number of esters is 1. The van der Waals surface area contributed by atoms with Gasteiger partial charge in [0.1, 0.15) is 12.4 Å². The number of carbonyl (C=O) groups excluding carboxylic acids is 2. The molecule has 1 N–H and O–H groups in total. The Morgan fingerprint density at radius 3 is 2.36 bits per heavy atom. The standard InChI is InChI=1S/C22H27NO5/c1-26-16-17-27-20-11-9-19(10-12-20)23-21(24)13-14-22(25)28-15-5-8-18-6-3-2-4-7-18/h2-4,6-7,9-12H,5,8,13-17H2,1H3,(H,23,24). The lowest BCUT2D eigenvalue weighted by atomic mass is 10.1. The average molecular weight is 385 g/mol. The molecule has 0 aliphatic rings. The number of amides is 1. The van der Waals surface area contributed by atoms with Gasteiger partial charge in [0, 0.05) is 19.2 Å². The molecular formula is C22H27NO5. The maximum atomic E-state index is 12.0. The highest BCUT2D eigenvalue weighted by atomic mass is 16.5. The molecule has 28 heavy (non-hydrogen) atoms. The summed E-state index contributed by atoms with van der Waals surface area (Å²) in [6.07, 6.45) is 1.78. The molecule has 0 radical (unpaired) electrons. The molecule has 6 heteroatoms. The molecule has 0 heterocycles. The minimum atomic E-state index is -0.356. The summed E-state index contributed by atoms with van der Waals surface area (Å²) in [7, 11) is 1.61. The van der Waals surface area contributed by atoms with Crippen LogP contribution < -0.4 is 10.1 Å². The molecule has 0 atom stereocenters. The Labute approximate surface area is 165 Å². The van der Waals surface area contributed by atoms with Crippen molar-refractivity contribution in [1.29, 1.82) is 0 Å². The fourth-order valence-corrected chi connectivity index (χ4v) is 2.50. The molecule has 2 rings (SSSR count). The summed E-state index contributed by atoms with van der Waals surface area (Å²) in [4.78, 5) is 23.7. The van der Waals surface area contributed by atoms with Gasteiger partial charge in [-0.25, -0.2) is 0 Å². The molecule has 0 aromatic heterocycles. The Hall–Kier alpha value is -2.86. The van der Waals surface area contributed by atoms with Crippen molar-refractivity contribution >= 4 is 17.6 Å². The van der Waals surface area contributed by atoms with Gasteiger partial charge in [-0.3, -0.25) is 9.59 Å². The van der Waals surface area contributed by atoms with Crippen LogP contribution in [-0.4, -0.2) is 38.8 Å². The van der Waals surface area contributed by atoms with Crippen LogP contribution in [0.1, 0.15) is 24.8 Å². The average Bonchev–Trinajstić information content (AvgIpc) is 2.72. The molecule has 2 aromatic carbocycles. The van der Waals surface area contributed by atoms with Gasteiger partial charge in [-0.2, -0.15) is 0 Å². The van der Waals surface area contributed by atoms with Crippen LogP contribution in [0.3, 0.4) is 0 Å². The molecule has 0 spiro atoms. The third kappa shape index (κ3) is 8.68. The Bertz CT molecular complexity index is 715. The lowest BCUT2D eigenvalue weighted by Crippen LogP contribution is -2.15. The lowest BCUT2D eigenvalue weighted by Gasteiger charge is -2.08. The second-order valence-electron chi connectivity index (χ2n) is 6.22. The zero-order valence-electron chi connectivity index (χ0n) is 16.2. The molecule has 1 amide bonds. The van der Waals surface area contributed by atoms with Crippen LogP contribution in [-0.2, 0) is 25.5 Å². The predicted octanol–water partition coefficient (Wildman–Crippen LogP) is 3.61. The minimum absolute atomic E-state index is 0.0649. The molecular weight excluding hydrogens is 358 g/mol. The van der Waals surface area contributed by atoms with Crippen LogP contribution in [0.5, 0.6) is 5.75 Å². The van der Waals surface area contributed by atoms with E-state index in [-0.39, 0.29) is 24.7 Å². The number of hydrogen-bond donors (Lipinski definition) is 1. The third-order valence-electron chi connectivity index (χ3n) is 3.97. The highest BCUT2D eigenvalue weighted by Crippen LogP contribution is 2.16. The van der Waals surface area contributed by atoms with E-state index >= 15 is 0 Å². The molecule has 0 aliphatic carbocycles. The summed E-state index contributed by atoms with van der Waals surface area (Å²) in [6.45, 7) is 1.34. The number of rotatable bonds is 12. The minimum Gasteiger partial charge on any atom is -0.491 e. The number of methoxy groups -OCH3 is 1. The van der Waals surface area contributed by atoms with Crippen molar-refractivity contribution in [3.63, 3.8) is 0 Å². The van der Waals surface area contributed by atoms with E-state index in [1.165, 1.54) is 5.56 Å². The summed E-state index contributed by atoms with van der Waals surface area (Å²) in [5.41, 5.74) is 1.87. The van der Waals surface area contributed by atoms with Crippen LogP contribution in [0, 0.1) is 0 Å². The summed E-state index contributed by atoms with van der Waals surface area (Å²) >= 11 is 0. The maximum absolute atomic E-state index is 12.0. The smallest absolute Gasteiger partial charge is 0.306 e. The first-order chi connectivity index (χ1) is 13.7. The Morgan fingerprint density at radius 1 is 0.893 bits per heavy atom. The van der Waals surface area contributed by atoms with Gasteiger partial charge in [0.05, 0.1) is 19.6 Å². The van der Waals surface area contributed by atoms with Crippen molar-refractivity contribution in [2.24, 2.45) is 0 Å². The van der Waals surface area contributed by atoms with Gasteiger partial charge >= 0.3 is 5.97 Å². The number of nitrogens with one attached hydrogen (secondary N) is 1. The SMILES string of the molecule is COCCOc1ccc(NC(=O)CCC(=O)OCCCc2ccccc2)cc1.